The van der Waals surface area contributed by atoms with Crippen molar-refractivity contribution in [2.45, 2.75) is 19.4 Å². The molecule has 1 aliphatic heterocycles. The number of halogens is 2. The topological polar surface area (TPSA) is 38.1 Å². The van der Waals surface area contributed by atoms with Crippen molar-refractivity contribution in [3.8, 4) is 0 Å². The van der Waals surface area contributed by atoms with Crippen molar-refractivity contribution in [1.82, 2.24) is 14.7 Å². The summed E-state index contributed by atoms with van der Waals surface area (Å²) in [5.41, 5.74) is 2.22. The molecular formula is C15H15F2N3O. The summed E-state index contributed by atoms with van der Waals surface area (Å²) in [6.45, 7) is 0.368. The molecule has 0 saturated heterocycles. The van der Waals surface area contributed by atoms with E-state index < -0.39 is 18.9 Å². The lowest BCUT2D eigenvalue weighted by atomic mass is 10.1. The van der Waals surface area contributed by atoms with E-state index in [4.69, 9.17) is 0 Å². The van der Waals surface area contributed by atoms with Gasteiger partial charge in [0.1, 0.15) is 0 Å². The SMILES string of the molecule is O=C1c2nn(Cc3ccccc3)cc2CCN1CC(F)F. The third kappa shape index (κ3) is 2.94. The molecule has 1 aromatic heterocycles. The van der Waals surface area contributed by atoms with Crippen molar-refractivity contribution in [3.63, 3.8) is 0 Å². The van der Waals surface area contributed by atoms with Gasteiger partial charge in [-0.2, -0.15) is 5.10 Å². The number of nitrogens with zero attached hydrogens (tertiary/aromatic N) is 3. The zero-order chi connectivity index (χ0) is 14.8. The maximum atomic E-state index is 12.4. The summed E-state index contributed by atoms with van der Waals surface area (Å²) in [5, 5.41) is 4.27. The Labute approximate surface area is 121 Å². The van der Waals surface area contributed by atoms with Gasteiger partial charge in [-0.15, -0.1) is 0 Å². The number of amides is 1. The molecule has 4 nitrogen and oxygen atoms in total. The first-order chi connectivity index (χ1) is 10.1. The standard InChI is InChI=1S/C15H15F2N3O/c16-13(17)10-19-7-6-12-9-20(18-14(12)15(19)21)8-11-4-2-1-3-5-11/h1-5,9,13H,6-8,10H2. The van der Waals surface area contributed by atoms with Gasteiger partial charge in [-0.25, -0.2) is 8.78 Å². The van der Waals surface area contributed by atoms with Gasteiger partial charge in [0, 0.05) is 18.3 Å². The summed E-state index contributed by atoms with van der Waals surface area (Å²) in [6.07, 6.45) is -0.107. The Balaban J connectivity index is 1.79. The van der Waals surface area contributed by atoms with Crippen molar-refractivity contribution >= 4 is 5.91 Å². The second-order valence-corrected chi connectivity index (χ2v) is 5.08. The fourth-order valence-corrected chi connectivity index (χ4v) is 2.52. The molecule has 0 spiro atoms. The Morgan fingerprint density at radius 1 is 1.24 bits per heavy atom. The van der Waals surface area contributed by atoms with E-state index in [0.717, 1.165) is 11.1 Å². The molecule has 1 aromatic carbocycles. The molecule has 1 amide bonds. The molecule has 6 heteroatoms. The van der Waals surface area contributed by atoms with Crippen molar-refractivity contribution in [2.24, 2.45) is 0 Å². The molecule has 2 aromatic rings. The minimum atomic E-state index is -2.51. The molecule has 0 atom stereocenters. The van der Waals surface area contributed by atoms with Crippen LogP contribution in [0.25, 0.3) is 0 Å². The first kappa shape index (κ1) is 13.7. The van der Waals surface area contributed by atoms with E-state index in [1.165, 1.54) is 4.90 Å². The smallest absolute Gasteiger partial charge is 0.274 e. The lowest BCUT2D eigenvalue weighted by molar-refractivity contribution is 0.0532. The van der Waals surface area contributed by atoms with Crippen LogP contribution in [0.3, 0.4) is 0 Å². The molecule has 0 saturated carbocycles. The molecule has 0 unspecified atom stereocenters. The number of fused-ring (bicyclic) bond motifs is 1. The number of alkyl halides is 2. The van der Waals surface area contributed by atoms with Gasteiger partial charge in [0.05, 0.1) is 13.1 Å². The molecule has 0 fully saturated rings. The molecule has 110 valence electrons. The van der Waals surface area contributed by atoms with E-state index in [2.05, 4.69) is 5.10 Å². The molecule has 0 aliphatic carbocycles. The fraction of sp³-hybridized carbons (Fsp3) is 0.333. The summed E-state index contributed by atoms with van der Waals surface area (Å²) >= 11 is 0. The zero-order valence-electron chi connectivity index (χ0n) is 11.4. The molecular weight excluding hydrogens is 276 g/mol. The molecule has 0 radical (unpaired) electrons. The van der Waals surface area contributed by atoms with Crippen LogP contribution in [0.1, 0.15) is 21.6 Å². The Bertz CT molecular complexity index is 640. The third-order valence-electron chi connectivity index (χ3n) is 3.52. The number of aromatic nitrogens is 2. The second-order valence-electron chi connectivity index (χ2n) is 5.08. The summed E-state index contributed by atoms with van der Waals surface area (Å²) in [4.78, 5) is 13.3. The molecule has 0 N–H and O–H groups in total. The van der Waals surface area contributed by atoms with Gasteiger partial charge in [0.15, 0.2) is 5.69 Å². The van der Waals surface area contributed by atoms with Crippen LogP contribution in [-0.4, -0.2) is 40.1 Å². The van der Waals surface area contributed by atoms with Gasteiger partial charge in [0.25, 0.3) is 12.3 Å². The van der Waals surface area contributed by atoms with Crippen LogP contribution < -0.4 is 0 Å². The fourth-order valence-electron chi connectivity index (χ4n) is 2.52. The number of benzene rings is 1. The number of carbonyl (C=O) groups is 1. The van der Waals surface area contributed by atoms with E-state index in [9.17, 15) is 13.6 Å². The average Bonchev–Trinajstić information content (AvgIpc) is 2.86. The van der Waals surface area contributed by atoms with Gasteiger partial charge < -0.3 is 4.90 Å². The Kier molecular flexibility index (Phi) is 3.68. The van der Waals surface area contributed by atoms with Gasteiger partial charge >= 0.3 is 0 Å². The van der Waals surface area contributed by atoms with Crippen LogP contribution in [0, 0.1) is 0 Å². The van der Waals surface area contributed by atoms with Crippen molar-refractivity contribution < 1.29 is 13.6 Å². The van der Waals surface area contributed by atoms with Gasteiger partial charge in [-0.05, 0) is 12.0 Å². The first-order valence-electron chi connectivity index (χ1n) is 6.81. The van der Waals surface area contributed by atoms with Crippen molar-refractivity contribution in [3.05, 3.63) is 53.3 Å². The van der Waals surface area contributed by atoms with Gasteiger partial charge in [-0.1, -0.05) is 30.3 Å². The zero-order valence-corrected chi connectivity index (χ0v) is 11.4. The quantitative estimate of drug-likeness (QED) is 0.866. The number of rotatable bonds is 4. The summed E-state index contributed by atoms with van der Waals surface area (Å²) < 4.78 is 26.6. The van der Waals surface area contributed by atoms with Crippen LogP contribution in [0.5, 0.6) is 0 Å². The first-order valence-corrected chi connectivity index (χ1v) is 6.81. The Hall–Kier alpha value is -2.24. The maximum absolute atomic E-state index is 12.4. The molecule has 3 rings (SSSR count). The van der Waals surface area contributed by atoms with Crippen molar-refractivity contribution in [2.75, 3.05) is 13.1 Å². The number of hydrogen-bond acceptors (Lipinski definition) is 2. The predicted octanol–water partition coefficient (Wildman–Crippen LogP) is 2.19. The minimum Gasteiger partial charge on any atom is -0.331 e. The van der Waals surface area contributed by atoms with E-state index in [-0.39, 0.29) is 0 Å². The predicted molar refractivity (Wildman–Crippen MR) is 73.4 cm³/mol. The number of hydrogen-bond donors (Lipinski definition) is 0. The lowest BCUT2D eigenvalue weighted by Gasteiger charge is -2.25. The van der Waals surface area contributed by atoms with Crippen LogP contribution in [0.2, 0.25) is 0 Å². The van der Waals surface area contributed by atoms with Crippen LogP contribution in [0.15, 0.2) is 36.5 Å². The summed E-state index contributed by atoms with van der Waals surface area (Å²) in [7, 11) is 0. The molecule has 21 heavy (non-hydrogen) atoms. The van der Waals surface area contributed by atoms with Crippen LogP contribution in [0.4, 0.5) is 8.78 Å². The highest BCUT2D eigenvalue weighted by Gasteiger charge is 2.29. The molecule has 1 aliphatic rings. The second kappa shape index (κ2) is 5.63. The molecule has 2 heterocycles. The highest BCUT2D eigenvalue weighted by Crippen LogP contribution is 2.19. The van der Waals surface area contributed by atoms with E-state index in [1.54, 1.807) is 4.68 Å². The largest absolute Gasteiger partial charge is 0.331 e. The summed E-state index contributed by atoms with van der Waals surface area (Å²) in [5.74, 6) is -0.400. The Morgan fingerprint density at radius 3 is 2.71 bits per heavy atom. The highest BCUT2D eigenvalue weighted by atomic mass is 19.3. The van der Waals surface area contributed by atoms with E-state index in [0.29, 0.717) is 25.2 Å². The minimum absolute atomic E-state index is 0.304. The average molecular weight is 291 g/mol. The van der Waals surface area contributed by atoms with Crippen LogP contribution in [-0.2, 0) is 13.0 Å². The van der Waals surface area contributed by atoms with E-state index >= 15 is 0 Å². The third-order valence-corrected chi connectivity index (χ3v) is 3.52. The number of carbonyl (C=O) groups excluding carboxylic acids is 1. The lowest BCUT2D eigenvalue weighted by Crippen LogP contribution is -2.40. The molecule has 0 bridgehead atoms. The maximum Gasteiger partial charge on any atom is 0.274 e. The Morgan fingerprint density at radius 2 is 2.00 bits per heavy atom. The van der Waals surface area contributed by atoms with Gasteiger partial charge in [0.2, 0.25) is 0 Å². The normalized spacial score (nSPS) is 14.6. The monoisotopic (exact) mass is 291 g/mol. The highest BCUT2D eigenvalue weighted by molar-refractivity contribution is 5.94. The van der Waals surface area contributed by atoms with Gasteiger partial charge in [-0.3, -0.25) is 9.48 Å². The van der Waals surface area contributed by atoms with Crippen LogP contribution >= 0.6 is 0 Å². The summed E-state index contributed by atoms with van der Waals surface area (Å²) in [6, 6.07) is 9.77. The van der Waals surface area contributed by atoms with Crippen molar-refractivity contribution in [1.29, 1.82) is 0 Å². The van der Waals surface area contributed by atoms with E-state index in [1.807, 2.05) is 36.5 Å².